The topological polar surface area (TPSA) is 76.2 Å². The van der Waals surface area contributed by atoms with Gasteiger partial charge in [0.25, 0.3) is 0 Å². The van der Waals surface area contributed by atoms with Crippen molar-refractivity contribution in [2.24, 2.45) is 5.73 Å². The first-order chi connectivity index (χ1) is 7.04. The number of carbonyl (C=O) groups is 1. The van der Waals surface area contributed by atoms with Crippen LogP contribution in [0.15, 0.2) is 18.3 Å². The van der Waals surface area contributed by atoms with E-state index in [0.717, 1.165) is 0 Å². The van der Waals surface area contributed by atoms with Crippen molar-refractivity contribution in [2.45, 2.75) is 24.3 Å². The third-order valence-corrected chi connectivity index (χ3v) is 3.07. The van der Waals surface area contributed by atoms with Gasteiger partial charge in [0.2, 0.25) is 0 Å². The molecule has 0 atom stereocenters. The molecule has 1 heterocycles. The molecule has 2 rings (SSSR count). The quantitative estimate of drug-likeness (QED) is 0.794. The Bertz CT molecular complexity index is 385. The average Bonchev–Trinajstić information content (AvgIpc) is 2.13. The number of carboxylic acids is 1. The van der Waals surface area contributed by atoms with Crippen LogP contribution in [0.2, 0.25) is 5.02 Å². The van der Waals surface area contributed by atoms with Crippen molar-refractivity contribution in [1.82, 2.24) is 4.98 Å². The van der Waals surface area contributed by atoms with Crippen molar-refractivity contribution >= 4 is 17.6 Å². The van der Waals surface area contributed by atoms with Gasteiger partial charge in [0.15, 0.2) is 0 Å². The van der Waals surface area contributed by atoms with Crippen molar-refractivity contribution in [2.75, 3.05) is 0 Å². The molecule has 0 radical (unpaired) electrons. The number of aliphatic carboxylic acids is 1. The molecule has 1 aliphatic rings. The number of hydrogen-bond donors (Lipinski definition) is 2. The van der Waals surface area contributed by atoms with Crippen LogP contribution in [-0.2, 0) is 10.2 Å². The molecule has 1 fully saturated rings. The van der Waals surface area contributed by atoms with E-state index in [1.54, 1.807) is 12.1 Å². The molecule has 15 heavy (non-hydrogen) atoms. The maximum atomic E-state index is 11.2. The molecular weight excluding hydrogens is 216 g/mol. The molecule has 0 aromatic carbocycles. The van der Waals surface area contributed by atoms with Gasteiger partial charge in [-0.25, -0.2) is 0 Å². The second-order valence-corrected chi connectivity index (χ2v) is 4.35. The third kappa shape index (κ3) is 1.60. The number of nitrogens with zero attached hydrogens (tertiary/aromatic N) is 1. The number of halogens is 1. The van der Waals surface area contributed by atoms with Crippen LogP contribution in [0, 0.1) is 0 Å². The van der Waals surface area contributed by atoms with Gasteiger partial charge in [0, 0.05) is 12.2 Å². The number of rotatable bonds is 2. The average molecular weight is 227 g/mol. The van der Waals surface area contributed by atoms with Gasteiger partial charge in [-0.15, -0.1) is 0 Å². The molecule has 0 aliphatic heterocycles. The van der Waals surface area contributed by atoms with E-state index in [2.05, 4.69) is 4.98 Å². The smallest absolute Gasteiger partial charge is 0.315 e. The monoisotopic (exact) mass is 226 g/mol. The Balaban J connectivity index is 2.34. The summed E-state index contributed by atoms with van der Waals surface area (Å²) in [5, 5.41) is 9.70. The van der Waals surface area contributed by atoms with E-state index < -0.39 is 11.4 Å². The first-order valence-electron chi connectivity index (χ1n) is 4.65. The highest BCUT2D eigenvalue weighted by molar-refractivity contribution is 6.30. The van der Waals surface area contributed by atoms with Crippen LogP contribution in [0.5, 0.6) is 0 Å². The van der Waals surface area contributed by atoms with Gasteiger partial charge in [-0.1, -0.05) is 11.6 Å². The molecular formula is C10H11ClN2O2. The van der Waals surface area contributed by atoms with Gasteiger partial charge in [-0.05, 0) is 25.0 Å². The Kier molecular flexibility index (Phi) is 2.40. The Hall–Kier alpha value is -1.13. The number of carboxylic acid groups (broad SMARTS) is 1. The molecule has 0 spiro atoms. The Morgan fingerprint density at radius 1 is 1.60 bits per heavy atom. The van der Waals surface area contributed by atoms with E-state index in [4.69, 9.17) is 17.3 Å². The molecule has 5 heteroatoms. The fourth-order valence-electron chi connectivity index (χ4n) is 1.99. The van der Waals surface area contributed by atoms with Gasteiger partial charge in [-0.2, -0.15) is 0 Å². The second kappa shape index (κ2) is 3.47. The number of aromatic nitrogens is 1. The predicted octanol–water partition coefficient (Wildman–Crippen LogP) is 1.18. The van der Waals surface area contributed by atoms with Gasteiger partial charge < -0.3 is 10.8 Å². The molecule has 4 nitrogen and oxygen atoms in total. The van der Waals surface area contributed by atoms with E-state index in [1.165, 1.54) is 6.20 Å². The molecule has 0 bridgehead atoms. The molecule has 0 unspecified atom stereocenters. The molecule has 3 N–H and O–H groups in total. The predicted molar refractivity (Wildman–Crippen MR) is 55.8 cm³/mol. The molecule has 80 valence electrons. The van der Waals surface area contributed by atoms with Gasteiger partial charge in [-0.3, -0.25) is 9.78 Å². The van der Waals surface area contributed by atoms with Gasteiger partial charge in [0.1, 0.15) is 5.41 Å². The first kappa shape index (κ1) is 10.4. The van der Waals surface area contributed by atoms with Crippen LogP contribution in [0.1, 0.15) is 18.5 Å². The van der Waals surface area contributed by atoms with Crippen molar-refractivity contribution < 1.29 is 9.90 Å². The standard InChI is InChI=1S/C10H11ClN2O2/c11-6-1-2-8(13-5-6)10(9(14)15)3-7(12)4-10/h1-2,5,7H,3-4,12H2,(H,14,15). The number of pyridine rings is 1. The summed E-state index contributed by atoms with van der Waals surface area (Å²) in [6.45, 7) is 0. The van der Waals surface area contributed by atoms with Crippen LogP contribution < -0.4 is 5.73 Å². The summed E-state index contributed by atoms with van der Waals surface area (Å²) in [6.07, 6.45) is 2.35. The molecule has 0 saturated heterocycles. The number of hydrogen-bond acceptors (Lipinski definition) is 3. The minimum Gasteiger partial charge on any atom is -0.481 e. The van der Waals surface area contributed by atoms with E-state index in [9.17, 15) is 9.90 Å². The SMILES string of the molecule is NC1CC(C(=O)O)(c2ccc(Cl)cn2)C1. The first-order valence-corrected chi connectivity index (χ1v) is 5.03. The van der Waals surface area contributed by atoms with E-state index >= 15 is 0 Å². The largest absolute Gasteiger partial charge is 0.481 e. The highest BCUT2D eigenvalue weighted by Gasteiger charge is 2.51. The van der Waals surface area contributed by atoms with Crippen molar-refractivity contribution in [3.63, 3.8) is 0 Å². The van der Waals surface area contributed by atoms with Crippen LogP contribution in [0.4, 0.5) is 0 Å². The summed E-state index contributed by atoms with van der Waals surface area (Å²) in [5.74, 6) is -0.862. The Morgan fingerprint density at radius 2 is 2.27 bits per heavy atom. The van der Waals surface area contributed by atoms with E-state index in [-0.39, 0.29) is 6.04 Å². The number of nitrogens with two attached hydrogens (primary N) is 1. The molecule has 1 aromatic heterocycles. The van der Waals surface area contributed by atoms with Crippen molar-refractivity contribution in [1.29, 1.82) is 0 Å². The highest BCUT2D eigenvalue weighted by Crippen LogP contribution is 2.42. The second-order valence-electron chi connectivity index (χ2n) is 3.92. The normalized spacial score (nSPS) is 29.6. The molecule has 1 aliphatic carbocycles. The lowest BCUT2D eigenvalue weighted by Gasteiger charge is -2.41. The van der Waals surface area contributed by atoms with Crippen molar-refractivity contribution in [3.8, 4) is 0 Å². The summed E-state index contributed by atoms with van der Waals surface area (Å²) in [4.78, 5) is 15.3. The van der Waals surface area contributed by atoms with Crippen LogP contribution in [-0.4, -0.2) is 22.1 Å². The van der Waals surface area contributed by atoms with Gasteiger partial charge in [0.05, 0.1) is 10.7 Å². The maximum absolute atomic E-state index is 11.2. The fraction of sp³-hybridized carbons (Fsp3) is 0.400. The lowest BCUT2D eigenvalue weighted by atomic mass is 9.63. The van der Waals surface area contributed by atoms with Crippen LogP contribution in [0.25, 0.3) is 0 Å². The van der Waals surface area contributed by atoms with E-state index in [0.29, 0.717) is 23.6 Å². The lowest BCUT2D eigenvalue weighted by Crippen LogP contribution is -2.54. The van der Waals surface area contributed by atoms with Crippen molar-refractivity contribution in [3.05, 3.63) is 29.0 Å². The summed E-state index contributed by atoms with van der Waals surface area (Å²) < 4.78 is 0. The maximum Gasteiger partial charge on any atom is 0.315 e. The van der Waals surface area contributed by atoms with Crippen LogP contribution >= 0.6 is 11.6 Å². The zero-order valence-electron chi connectivity index (χ0n) is 7.98. The third-order valence-electron chi connectivity index (χ3n) is 2.85. The van der Waals surface area contributed by atoms with Crippen LogP contribution in [0.3, 0.4) is 0 Å². The van der Waals surface area contributed by atoms with Gasteiger partial charge >= 0.3 is 5.97 Å². The molecule has 0 amide bonds. The fourth-order valence-corrected chi connectivity index (χ4v) is 2.10. The Labute approximate surface area is 92.1 Å². The Morgan fingerprint density at radius 3 is 2.67 bits per heavy atom. The molecule has 1 aromatic rings. The minimum atomic E-state index is -0.899. The molecule has 1 saturated carbocycles. The highest BCUT2D eigenvalue weighted by atomic mass is 35.5. The zero-order valence-corrected chi connectivity index (χ0v) is 8.74. The van der Waals surface area contributed by atoms with E-state index in [1.807, 2.05) is 0 Å². The summed E-state index contributed by atoms with van der Waals surface area (Å²) in [5.41, 5.74) is 5.29. The summed E-state index contributed by atoms with van der Waals surface area (Å²) in [7, 11) is 0. The lowest BCUT2D eigenvalue weighted by molar-refractivity contribution is -0.148. The summed E-state index contributed by atoms with van der Waals surface area (Å²) >= 11 is 5.70. The summed E-state index contributed by atoms with van der Waals surface area (Å²) in [6, 6.07) is 3.26. The zero-order chi connectivity index (χ0) is 11.1. The minimum absolute atomic E-state index is 0.0430.